The highest BCUT2D eigenvalue weighted by Crippen LogP contribution is 2.14. The number of nitrogens with zero attached hydrogens (tertiary/aromatic N) is 1. The Morgan fingerprint density at radius 2 is 2.06 bits per heavy atom. The molecule has 2 N–H and O–H groups in total. The lowest BCUT2D eigenvalue weighted by Crippen LogP contribution is -2.15. The van der Waals surface area contributed by atoms with Crippen LogP contribution in [0.15, 0.2) is 24.3 Å². The fraction of sp³-hybridized carbons (Fsp3) is 0.500. The van der Waals surface area contributed by atoms with Crippen molar-refractivity contribution in [3.63, 3.8) is 0 Å². The van der Waals surface area contributed by atoms with Gasteiger partial charge in [0.2, 0.25) is 0 Å². The minimum atomic E-state index is 0.247. The highest BCUT2D eigenvalue weighted by atomic mass is 16.5. The van der Waals surface area contributed by atoms with Crippen LogP contribution in [0.1, 0.15) is 31.7 Å². The van der Waals surface area contributed by atoms with Crippen molar-refractivity contribution in [2.75, 3.05) is 6.61 Å². The first-order valence-corrected chi connectivity index (χ1v) is 6.06. The summed E-state index contributed by atoms with van der Waals surface area (Å²) in [6.45, 7) is 2.62. The maximum Gasteiger partial charge on any atom is 0.119 e. The monoisotopic (exact) mass is 232 g/mol. The Morgan fingerprint density at radius 3 is 2.65 bits per heavy atom. The molecule has 3 heteroatoms. The van der Waals surface area contributed by atoms with Gasteiger partial charge in [-0.1, -0.05) is 12.1 Å². The summed E-state index contributed by atoms with van der Waals surface area (Å²) < 4.78 is 5.51. The minimum absolute atomic E-state index is 0.247. The van der Waals surface area contributed by atoms with Crippen LogP contribution in [-0.2, 0) is 6.42 Å². The largest absolute Gasteiger partial charge is 0.494 e. The van der Waals surface area contributed by atoms with Crippen LogP contribution in [0.2, 0.25) is 0 Å². The summed E-state index contributed by atoms with van der Waals surface area (Å²) in [5.41, 5.74) is 7.00. The van der Waals surface area contributed by atoms with Gasteiger partial charge >= 0.3 is 0 Å². The molecule has 0 fully saturated rings. The molecule has 1 atom stereocenters. The Kier molecular flexibility index (Phi) is 6.13. The van der Waals surface area contributed by atoms with Gasteiger partial charge in [-0.3, -0.25) is 0 Å². The summed E-state index contributed by atoms with van der Waals surface area (Å²) in [6, 6.07) is 10.4. The van der Waals surface area contributed by atoms with Crippen molar-refractivity contribution < 1.29 is 4.74 Å². The lowest BCUT2D eigenvalue weighted by atomic mass is 10.1. The van der Waals surface area contributed by atoms with E-state index in [-0.39, 0.29) is 6.04 Å². The molecule has 1 aromatic rings. The number of aryl methyl sites for hydroxylation is 1. The lowest BCUT2D eigenvalue weighted by Gasteiger charge is -2.07. The fourth-order valence-corrected chi connectivity index (χ4v) is 1.49. The van der Waals surface area contributed by atoms with E-state index in [0.29, 0.717) is 13.0 Å². The molecular weight excluding hydrogens is 212 g/mol. The van der Waals surface area contributed by atoms with Gasteiger partial charge in [-0.2, -0.15) is 5.26 Å². The van der Waals surface area contributed by atoms with Crippen molar-refractivity contribution in [2.24, 2.45) is 5.73 Å². The number of hydrogen-bond acceptors (Lipinski definition) is 3. The molecule has 0 radical (unpaired) electrons. The average Bonchev–Trinajstić information content (AvgIpc) is 2.33. The topological polar surface area (TPSA) is 59.0 Å². The number of unbranched alkanes of at least 4 members (excludes halogenated alkanes) is 1. The van der Waals surface area contributed by atoms with Crippen LogP contribution in [-0.4, -0.2) is 12.6 Å². The van der Waals surface area contributed by atoms with Crippen LogP contribution in [0.25, 0.3) is 0 Å². The lowest BCUT2D eigenvalue weighted by molar-refractivity contribution is 0.312. The zero-order valence-corrected chi connectivity index (χ0v) is 10.4. The van der Waals surface area contributed by atoms with E-state index < -0.39 is 0 Å². The smallest absolute Gasteiger partial charge is 0.119 e. The first kappa shape index (κ1) is 13.5. The van der Waals surface area contributed by atoms with Gasteiger partial charge in [0.05, 0.1) is 12.7 Å². The number of ether oxygens (including phenoxy) is 1. The van der Waals surface area contributed by atoms with Crippen LogP contribution in [0.4, 0.5) is 0 Å². The Labute approximate surface area is 103 Å². The van der Waals surface area contributed by atoms with Crippen LogP contribution >= 0.6 is 0 Å². The van der Waals surface area contributed by atoms with Crippen molar-refractivity contribution in [1.29, 1.82) is 5.26 Å². The molecule has 0 aliphatic heterocycles. The SMILES string of the molecule is CC(N)CCc1ccc(OCCCC#N)cc1. The van der Waals surface area contributed by atoms with Crippen molar-refractivity contribution in [1.82, 2.24) is 0 Å². The Bertz CT molecular complexity index is 351. The Morgan fingerprint density at radius 1 is 1.35 bits per heavy atom. The summed E-state index contributed by atoms with van der Waals surface area (Å²) in [5.74, 6) is 0.868. The van der Waals surface area contributed by atoms with Gasteiger partial charge in [0.15, 0.2) is 0 Å². The van der Waals surface area contributed by atoms with Crippen LogP contribution in [0, 0.1) is 11.3 Å². The highest BCUT2D eigenvalue weighted by molar-refractivity contribution is 5.27. The third kappa shape index (κ3) is 5.94. The van der Waals surface area contributed by atoms with Gasteiger partial charge in [0.25, 0.3) is 0 Å². The number of nitriles is 1. The van der Waals surface area contributed by atoms with E-state index in [2.05, 4.69) is 18.2 Å². The summed E-state index contributed by atoms with van der Waals surface area (Å²) in [7, 11) is 0. The van der Waals surface area contributed by atoms with E-state index >= 15 is 0 Å². The van der Waals surface area contributed by atoms with Crippen LogP contribution in [0.3, 0.4) is 0 Å². The highest BCUT2D eigenvalue weighted by Gasteiger charge is 1.98. The second-order valence-electron chi connectivity index (χ2n) is 4.27. The molecule has 0 aromatic heterocycles. The second-order valence-corrected chi connectivity index (χ2v) is 4.27. The van der Waals surface area contributed by atoms with Crippen molar-refractivity contribution >= 4 is 0 Å². The molecular formula is C14H20N2O. The zero-order valence-electron chi connectivity index (χ0n) is 10.4. The first-order valence-electron chi connectivity index (χ1n) is 6.06. The maximum absolute atomic E-state index is 8.39. The Balaban J connectivity index is 2.32. The molecule has 0 amide bonds. The number of rotatable bonds is 7. The molecule has 1 unspecified atom stereocenters. The van der Waals surface area contributed by atoms with Crippen molar-refractivity contribution in [2.45, 2.75) is 38.6 Å². The van der Waals surface area contributed by atoms with Crippen LogP contribution < -0.4 is 10.5 Å². The summed E-state index contributed by atoms with van der Waals surface area (Å²) in [5, 5.41) is 8.39. The standard InChI is InChI=1S/C14H20N2O/c1-12(16)4-5-13-6-8-14(9-7-13)17-11-3-2-10-15/h6-9,12H,2-5,11,16H2,1H3. The number of nitrogens with two attached hydrogens (primary N) is 1. The van der Waals surface area contributed by atoms with Gasteiger partial charge in [0, 0.05) is 12.5 Å². The predicted octanol–water partition coefficient (Wildman–Crippen LogP) is 2.65. The summed E-state index contributed by atoms with van der Waals surface area (Å²) in [6.07, 6.45) is 3.34. The second kappa shape index (κ2) is 7.70. The van der Waals surface area contributed by atoms with Gasteiger partial charge < -0.3 is 10.5 Å². The Hall–Kier alpha value is -1.53. The van der Waals surface area contributed by atoms with Crippen LogP contribution in [0.5, 0.6) is 5.75 Å². The molecule has 0 spiro atoms. The minimum Gasteiger partial charge on any atom is -0.494 e. The molecule has 0 bridgehead atoms. The van der Waals surface area contributed by atoms with Gasteiger partial charge in [0.1, 0.15) is 5.75 Å². The fourth-order valence-electron chi connectivity index (χ4n) is 1.49. The quantitative estimate of drug-likeness (QED) is 0.735. The molecule has 0 saturated heterocycles. The maximum atomic E-state index is 8.39. The first-order chi connectivity index (χ1) is 8.22. The van der Waals surface area contributed by atoms with E-state index in [1.807, 2.05) is 19.1 Å². The van der Waals surface area contributed by atoms with Crippen molar-refractivity contribution in [3.8, 4) is 11.8 Å². The molecule has 92 valence electrons. The number of benzene rings is 1. The zero-order chi connectivity index (χ0) is 12.5. The molecule has 0 aliphatic rings. The average molecular weight is 232 g/mol. The molecule has 3 nitrogen and oxygen atoms in total. The normalized spacial score (nSPS) is 11.8. The van der Waals surface area contributed by atoms with E-state index in [9.17, 15) is 0 Å². The molecule has 1 aromatic carbocycles. The predicted molar refractivity (Wildman–Crippen MR) is 68.8 cm³/mol. The summed E-state index contributed by atoms with van der Waals surface area (Å²) in [4.78, 5) is 0. The summed E-state index contributed by atoms with van der Waals surface area (Å²) >= 11 is 0. The van der Waals surface area contributed by atoms with E-state index in [0.717, 1.165) is 25.0 Å². The molecule has 0 heterocycles. The van der Waals surface area contributed by atoms with Crippen molar-refractivity contribution in [3.05, 3.63) is 29.8 Å². The molecule has 0 aliphatic carbocycles. The van der Waals surface area contributed by atoms with Gasteiger partial charge in [-0.15, -0.1) is 0 Å². The molecule has 0 saturated carbocycles. The van der Waals surface area contributed by atoms with Gasteiger partial charge in [-0.25, -0.2) is 0 Å². The third-order valence-electron chi connectivity index (χ3n) is 2.51. The van der Waals surface area contributed by atoms with Gasteiger partial charge in [-0.05, 0) is 43.9 Å². The third-order valence-corrected chi connectivity index (χ3v) is 2.51. The molecule has 1 rings (SSSR count). The van der Waals surface area contributed by atoms with E-state index in [1.165, 1.54) is 5.56 Å². The number of hydrogen-bond donors (Lipinski definition) is 1. The van der Waals surface area contributed by atoms with E-state index in [4.69, 9.17) is 15.7 Å². The molecule has 17 heavy (non-hydrogen) atoms. The van der Waals surface area contributed by atoms with E-state index in [1.54, 1.807) is 0 Å².